The van der Waals surface area contributed by atoms with E-state index in [0.717, 1.165) is 58.8 Å². The second-order valence-electron chi connectivity index (χ2n) is 6.47. The number of allylic oxidation sites excluding steroid dienone is 1. The van der Waals surface area contributed by atoms with Gasteiger partial charge in [-0.15, -0.1) is 30.9 Å². The van der Waals surface area contributed by atoms with Crippen molar-refractivity contribution in [3.8, 4) is 12.3 Å². The zero-order valence-corrected chi connectivity index (χ0v) is 19.9. The number of terminal acetylenes is 1. The van der Waals surface area contributed by atoms with E-state index >= 15 is 0 Å². The van der Waals surface area contributed by atoms with Crippen LogP contribution in [0.2, 0.25) is 0 Å². The predicted molar refractivity (Wildman–Crippen MR) is 138 cm³/mol. The fourth-order valence-corrected chi connectivity index (χ4v) is 3.19. The molecule has 2 N–H and O–H groups in total. The van der Waals surface area contributed by atoms with Crippen LogP contribution in [0.4, 0.5) is 5.13 Å². The van der Waals surface area contributed by atoms with Gasteiger partial charge < -0.3 is 10.6 Å². The van der Waals surface area contributed by atoms with Gasteiger partial charge in [0.2, 0.25) is 0 Å². The third-order valence-corrected chi connectivity index (χ3v) is 4.68. The van der Waals surface area contributed by atoms with Crippen molar-refractivity contribution in [2.75, 3.05) is 18.4 Å². The van der Waals surface area contributed by atoms with Crippen molar-refractivity contribution in [3.63, 3.8) is 0 Å². The van der Waals surface area contributed by atoms with E-state index in [9.17, 15) is 0 Å². The number of hydrogen-bond donors (Lipinski definition) is 2. The number of nitrogens with one attached hydrogen (secondary N) is 2. The maximum atomic E-state index is 5.41. The highest BCUT2D eigenvalue weighted by Crippen LogP contribution is 2.23. The Labute approximate surface area is 191 Å². The highest BCUT2D eigenvalue weighted by atomic mass is 32.1. The Morgan fingerprint density at radius 3 is 2.55 bits per heavy atom. The number of aliphatic imine (C=N–C) groups is 2. The zero-order chi connectivity index (χ0) is 23.1. The summed E-state index contributed by atoms with van der Waals surface area (Å²) in [5.41, 5.74) is 4.50. The molecular weight excluding hydrogens is 402 g/mol. The molecule has 2 heterocycles. The van der Waals surface area contributed by atoms with Gasteiger partial charge in [-0.1, -0.05) is 44.4 Å². The van der Waals surface area contributed by atoms with Gasteiger partial charge in [-0.2, -0.15) is 0 Å². The van der Waals surface area contributed by atoms with Crippen LogP contribution in [0.25, 0.3) is 5.70 Å². The molecule has 0 saturated carbocycles. The SMILES string of the molecule is C#Cc1ccc(C(C)=N/C(=C\C)c2csc(NC3=NCCCN3)n2)cc1.C=C.CCC. The molecule has 3 rings (SSSR count). The van der Waals surface area contributed by atoms with Crippen LogP contribution in [0.5, 0.6) is 0 Å². The molecule has 31 heavy (non-hydrogen) atoms. The van der Waals surface area contributed by atoms with Crippen molar-refractivity contribution in [2.45, 2.75) is 40.5 Å². The summed E-state index contributed by atoms with van der Waals surface area (Å²) < 4.78 is 0. The first-order valence-corrected chi connectivity index (χ1v) is 11.3. The molecule has 0 aliphatic carbocycles. The molecule has 6 heteroatoms. The molecule has 0 radical (unpaired) electrons. The summed E-state index contributed by atoms with van der Waals surface area (Å²) in [4.78, 5) is 13.8. The number of nitrogens with zero attached hydrogens (tertiary/aromatic N) is 3. The molecule has 0 spiro atoms. The van der Waals surface area contributed by atoms with Gasteiger partial charge in [0, 0.05) is 29.7 Å². The molecule has 0 saturated heterocycles. The van der Waals surface area contributed by atoms with Crippen molar-refractivity contribution in [3.05, 3.63) is 65.7 Å². The van der Waals surface area contributed by atoms with Gasteiger partial charge in [0.1, 0.15) is 5.69 Å². The number of benzene rings is 1. The molecule has 164 valence electrons. The highest BCUT2D eigenvalue weighted by molar-refractivity contribution is 7.14. The van der Waals surface area contributed by atoms with Crippen LogP contribution < -0.4 is 10.6 Å². The Morgan fingerprint density at radius 2 is 2.00 bits per heavy atom. The Morgan fingerprint density at radius 1 is 1.32 bits per heavy atom. The van der Waals surface area contributed by atoms with Crippen LogP contribution in [0.3, 0.4) is 0 Å². The first-order chi connectivity index (χ1) is 15.1. The Bertz CT molecular complexity index is 930. The molecule has 1 aliphatic rings. The van der Waals surface area contributed by atoms with Crippen LogP contribution in [0.1, 0.15) is 57.4 Å². The minimum Gasteiger partial charge on any atom is -0.356 e. The standard InChI is InChI=1S/C20H21N5S.C3H8.C2H4/c1-4-15-7-9-16(10-8-15)14(3)23-17(5-2)18-13-26-20(24-18)25-19-21-11-6-12-22-19;1-3-2;1-2/h1,5,7-10,13H,6,11-12H2,2-3H3,(H2,21,22,24,25);3H2,1-2H3;1-2H2/b17-5-,23-14?;;. The van der Waals surface area contributed by atoms with Gasteiger partial charge in [0.05, 0.1) is 5.70 Å². The molecule has 2 aromatic rings. The number of guanidine groups is 1. The lowest BCUT2D eigenvalue weighted by molar-refractivity contribution is 0.740. The first-order valence-electron chi connectivity index (χ1n) is 10.4. The fraction of sp³-hybridized carbons (Fsp3) is 0.320. The Hall–Kier alpha value is -3.17. The van der Waals surface area contributed by atoms with Gasteiger partial charge >= 0.3 is 0 Å². The Balaban J connectivity index is 0.000000884. The van der Waals surface area contributed by atoms with Crippen molar-refractivity contribution < 1.29 is 0 Å². The molecule has 1 aromatic carbocycles. The van der Waals surface area contributed by atoms with E-state index in [0.29, 0.717) is 0 Å². The average Bonchev–Trinajstić information content (AvgIpc) is 3.28. The van der Waals surface area contributed by atoms with Crippen LogP contribution in [-0.2, 0) is 0 Å². The minimum absolute atomic E-state index is 0.785. The van der Waals surface area contributed by atoms with Gasteiger partial charge in [-0.05, 0) is 38.0 Å². The highest BCUT2D eigenvalue weighted by Gasteiger charge is 2.10. The van der Waals surface area contributed by atoms with E-state index in [-0.39, 0.29) is 0 Å². The lowest BCUT2D eigenvalue weighted by atomic mass is 10.1. The van der Waals surface area contributed by atoms with Crippen LogP contribution in [0.15, 0.2) is 58.9 Å². The molecule has 0 unspecified atom stereocenters. The molecule has 1 aromatic heterocycles. The van der Waals surface area contributed by atoms with Crippen LogP contribution in [-0.4, -0.2) is 29.7 Å². The summed E-state index contributed by atoms with van der Waals surface area (Å²) in [6.45, 7) is 16.0. The van der Waals surface area contributed by atoms with Gasteiger partial charge in [0.15, 0.2) is 11.1 Å². The van der Waals surface area contributed by atoms with Gasteiger partial charge in [-0.3, -0.25) is 9.98 Å². The average molecular weight is 436 g/mol. The number of thiazole rings is 1. The largest absolute Gasteiger partial charge is 0.356 e. The normalized spacial score (nSPS) is 13.3. The summed E-state index contributed by atoms with van der Waals surface area (Å²) in [5, 5.41) is 9.27. The van der Waals surface area contributed by atoms with E-state index < -0.39 is 0 Å². The Kier molecular flexibility index (Phi) is 12.3. The fourth-order valence-electron chi connectivity index (χ4n) is 2.49. The minimum atomic E-state index is 0.785. The van der Waals surface area contributed by atoms with Crippen molar-refractivity contribution in [1.82, 2.24) is 10.3 Å². The number of anilines is 1. The van der Waals surface area contributed by atoms with Crippen molar-refractivity contribution in [1.29, 1.82) is 0 Å². The molecule has 0 atom stereocenters. The number of aromatic nitrogens is 1. The molecule has 0 fully saturated rings. The van der Waals surface area contributed by atoms with E-state index in [1.54, 1.807) is 0 Å². The van der Waals surface area contributed by atoms with Crippen LogP contribution in [0, 0.1) is 12.3 Å². The monoisotopic (exact) mass is 435 g/mol. The van der Waals surface area contributed by atoms with Crippen molar-refractivity contribution in [2.24, 2.45) is 9.98 Å². The summed E-state index contributed by atoms with van der Waals surface area (Å²) in [5.74, 6) is 3.41. The van der Waals surface area contributed by atoms with Crippen LogP contribution >= 0.6 is 11.3 Å². The maximum absolute atomic E-state index is 5.41. The van der Waals surface area contributed by atoms with E-state index in [2.05, 4.69) is 53.5 Å². The number of rotatable bonds is 4. The molecule has 0 bridgehead atoms. The molecule has 5 nitrogen and oxygen atoms in total. The summed E-state index contributed by atoms with van der Waals surface area (Å²) in [6, 6.07) is 7.82. The van der Waals surface area contributed by atoms with E-state index in [1.165, 1.54) is 17.8 Å². The molecule has 1 aliphatic heterocycles. The summed E-state index contributed by atoms with van der Waals surface area (Å²) in [6.07, 6.45) is 9.69. The number of hydrogen-bond acceptors (Lipinski definition) is 6. The maximum Gasteiger partial charge on any atom is 0.197 e. The zero-order valence-electron chi connectivity index (χ0n) is 19.0. The topological polar surface area (TPSA) is 61.7 Å². The smallest absolute Gasteiger partial charge is 0.197 e. The van der Waals surface area contributed by atoms with Gasteiger partial charge in [-0.25, -0.2) is 4.98 Å². The second-order valence-corrected chi connectivity index (χ2v) is 7.33. The summed E-state index contributed by atoms with van der Waals surface area (Å²) in [7, 11) is 0. The third kappa shape index (κ3) is 8.61. The lowest BCUT2D eigenvalue weighted by Gasteiger charge is -2.14. The lowest BCUT2D eigenvalue weighted by Crippen LogP contribution is -2.35. The molecular formula is C25H33N5S. The second kappa shape index (κ2) is 14.8. The molecule has 0 amide bonds. The van der Waals surface area contributed by atoms with Gasteiger partial charge in [0.25, 0.3) is 0 Å². The predicted octanol–water partition coefficient (Wildman–Crippen LogP) is 5.97. The third-order valence-electron chi connectivity index (χ3n) is 3.92. The van der Waals surface area contributed by atoms with E-state index in [4.69, 9.17) is 11.4 Å². The first kappa shape index (κ1) is 25.9. The summed E-state index contributed by atoms with van der Waals surface area (Å²) >= 11 is 1.54. The quantitative estimate of drug-likeness (QED) is 0.353. The van der Waals surface area contributed by atoms with Crippen molar-refractivity contribution >= 4 is 33.8 Å². The van der Waals surface area contributed by atoms with E-state index in [1.807, 2.05) is 49.6 Å².